The van der Waals surface area contributed by atoms with Gasteiger partial charge in [-0.1, -0.05) is 0 Å². The number of amides is 1. The molecule has 7 heteroatoms. The van der Waals surface area contributed by atoms with Crippen molar-refractivity contribution in [2.75, 3.05) is 6.61 Å². The number of carbonyl (C=O) groups excluding carboxylic acids is 1. The summed E-state index contributed by atoms with van der Waals surface area (Å²) in [5, 5.41) is 14.0. The van der Waals surface area contributed by atoms with E-state index in [1.165, 1.54) is 30.5 Å². The molecule has 2 unspecified atom stereocenters. The zero-order chi connectivity index (χ0) is 22.9. The molecule has 1 saturated carbocycles. The van der Waals surface area contributed by atoms with Gasteiger partial charge in [0.1, 0.15) is 6.61 Å². The normalized spacial score (nSPS) is 18.4. The molecule has 3 aromatic rings. The van der Waals surface area contributed by atoms with E-state index < -0.39 is 11.7 Å². The highest BCUT2D eigenvalue weighted by atomic mass is 19.1. The molecule has 0 saturated heterocycles. The van der Waals surface area contributed by atoms with Gasteiger partial charge in [0, 0.05) is 40.3 Å². The van der Waals surface area contributed by atoms with E-state index >= 15 is 0 Å². The lowest BCUT2D eigenvalue weighted by Gasteiger charge is -2.31. The van der Waals surface area contributed by atoms with Crippen LogP contribution in [0.2, 0.25) is 0 Å². The lowest BCUT2D eigenvalue weighted by Crippen LogP contribution is -2.46. The van der Waals surface area contributed by atoms with Crippen molar-refractivity contribution in [3.63, 3.8) is 0 Å². The second-order valence-electron chi connectivity index (χ2n) is 9.17. The minimum atomic E-state index is -0.562. The molecule has 4 N–H and O–H groups in total. The highest BCUT2D eigenvalue weighted by molar-refractivity contribution is 5.95. The third-order valence-corrected chi connectivity index (χ3v) is 6.86. The van der Waals surface area contributed by atoms with Gasteiger partial charge >= 0.3 is 0 Å². The Balaban J connectivity index is 1.24. The number of primary amides is 1. The minimum absolute atomic E-state index is 0.00859. The Morgan fingerprint density at radius 3 is 2.94 bits per heavy atom. The number of nitrogens with one attached hydrogen (secondary N) is 2. The van der Waals surface area contributed by atoms with Crippen LogP contribution in [-0.4, -0.2) is 29.6 Å². The molecule has 1 aliphatic carbocycles. The molecule has 6 nitrogen and oxygen atoms in total. The topological polar surface area (TPSA) is 104 Å². The summed E-state index contributed by atoms with van der Waals surface area (Å²) >= 11 is 0. The van der Waals surface area contributed by atoms with Crippen LogP contribution in [0, 0.1) is 23.1 Å². The Bertz CT molecular complexity index is 1240. The van der Waals surface area contributed by atoms with Crippen molar-refractivity contribution in [3.8, 4) is 11.8 Å². The number of carbonyl (C=O) groups is 1. The molecule has 1 aliphatic heterocycles. The number of nitriles is 1. The van der Waals surface area contributed by atoms with Crippen LogP contribution < -0.4 is 15.8 Å². The zero-order valence-corrected chi connectivity index (χ0v) is 18.4. The summed E-state index contributed by atoms with van der Waals surface area (Å²) in [4.78, 5) is 15.1. The number of halogens is 1. The van der Waals surface area contributed by atoms with Crippen molar-refractivity contribution >= 4 is 16.8 Å². The van der Waals surface area contributed by atoms with Gasteiger partial charge in [0.2, 0.25) is 5.91 Å². The molecule has 2 aromatic carbocycles. The smallest absolute Gasteiger partial charge is 0.249 e. The Kier molecular flexibility index (Phi) is 5.77. The fraction of sp³-hybridized carbons (Fsp3) is 0.385. The molecule has 0 spiro atoms. The summed E-state index contributed by atoms with van der Waals surface area (Å²) in [7, 11) is 0. The Morgan fingerprint density at radius 1 is 1.33 bits per heavy atom. The standard InChI is InChI=1S/C26H27FN4O2/c27-22-8-7-19(26(29)32)21-11-18(14-33-25(21)22)31-23(16-5-6-16)3-1-2-17-13-30-24-9-4-15(12-28)10-20(17)24/h4,7-10,13,16,18,23,30-31H,1-3,5-6,11,14H2,(H2,29,32). The fourth-order valence-corrected chi connectivity index (χ4v) is 5.01. The van der Waals surface area contributed by atoms with Gasteiger partial charge < -0.3 is 20.8 Å². The molecular formula is C26H27FN4O2. The predicted octanol–water partition coefficient (Wildman–Crippen LogP) is 3.97. The number of benzene rings is 2. The second kappa shape index (κ2) is 8.87. The van der Waals surface area contributed by atoms with Crippen molar-refractivity contribution in [2.24, 2.45) is 11.7 Å². The van der Waals surface area contributed by atoms with Crippen LogP contribution in [0.4, 0.5) is 4.39 Å². The maximum atomic E-state index is 14.2. The van der Waals surface area contributed by atoms with Gasteiger partial charge in [0.25, 0.3) is 0 Å². The van der Waals surface area contributed by atoms with Crippen LogP contribution >= 0.6 is 0 Å². The third-order valence-electron chi connectivity index (χ3n) is 6.86. The average molecular weight is 447 g/mol. The van der Waals surface area contributed by atoms with Crippen molar-refractivity contribution in [2.45, 2.75) is 50.6 Å². The van der Waals surface area contributed by atoms with Crippen LogP contribution in [-0.2, 0) is 12.8 Å². The third kappa shape index (κ3) is 4.44. The Hall–Kier alpha value is -3.37. The number of H-pyrrole nitrogens is 1. The SMILES string of the molecule is N#Cc1ccc2[nH]cc(CCCC(NC3COc4c(F)ccc(C(N)=O)c4C3)C3CC3)c2c1. The first-order valence-electron chi connectivity index (χ1n) is 11.5. The molecule has 0 bridgehead atoms. The van der Waals surface area contributed by atoms with Crippen LogP contribution in [0.1, 0.15) is 52.7 Å². The average Bonchev–Trinajstić information content (AvgIpc) is 3.59. The summed E-state index contributed by atoms with van der Waals surface area (Å²) < 4.78 is 19.9. The molecule has 170 valence electrons. The van der Waals surface area contributed by atoms with Crippen molar-refractivity contribution in [1.29, 1.82) is 5.26 Å². The quantitative estimate of drug-likeness (QED) is 0.487. The first-order chi connectivity index (χ1) is 16.0. The maximum Gasteiger partial charge on any atom is 0.249 e. The number of aryl methyl sites for hydroxylation is 1. The first kappa shape index (κ1) is 21.5. The number of aromatic nitrogens is 1. The van der Waals surface area contributed by atoms with Crippen LogP contribution in [0.3, 0.4) is 0 Å². The Morgan fingerprint density at radius 2 is 2.18 bits per heavy atom. The number of nitrogens with zero attached hydrogens (tertiary/aromatic N) is 1. The van der Waals surface area contributed by atoms with E-state index in [2.05, 4.69) is 16.4 Å². The summed E-state index contributed by atoms with van der Waals surface area (Å²) in [5.74, 6) is -0.218. The molecule has 1 fully saturated rings. The fourth-order valence-electron chi connectivity index (χ4n) is 5.01. The molecule has 33 heavy (non-hydrogen) atoms. The van der Waals surface area contributed by atoms with E-state index in [0.29, 0.717) is 41.7 Å². The summed E-state index contributed by atoms with van der Waals surface area (Å²) in [6.07, 6.45) is 7.95. The van der Waals surface area contributed by atoms with Crippen LogP contribution in [0.5, 0.6) is 5.75 Å². The van der Waals surface area contributed by atoms with E-state index in [4.69, 9.17) is 10.5 Å². The van der Waals surface area contributed by atoms with Crippen LogP contribution in [0.25, 0.3) is 10.9 Å². The largest absolute Gasteiger partial charge is 0.489 e. The van der Waals surface area contributed by atoms with E-state index in [1.54, 1.807) is 0 Å². The number of aromatic amines is 1. The minimum Gasteiger partial charge on any atom is -0.489 e. The van der Waals surface area contributed by atoms with Gasteiger partial charge in [-0.15, -0.1) is 0 Å². The summed E-state index contributed by atoms with van der Waals surface area (Å²) in [6, 6.07) is 11.0. The molecule has 1 aromatic heterocycles. The molecule has 2 atom stereocenters. The van der Waals surface area contributed by atoms with E-state index in [9.17, 15) is 14.4 Å². The Labute approximate surface area is 191 Å². The highest BCUT2D eigenvalue weighted by Gasteiger charge is 2.34. The van der Waals surface area contributed by atoms with Gasteiger partial charge in [0.15, 0.2) is 11.6 Å². The van der Waals surface area contributed by atoms with Crippen molar-refractivity contribution in [3.05, 3.63) is 64.6 Å². The van der Waals surface area contributed by atoms with Gasteiger partial charge in [-0.05, 0) is 80.3 Å². The molecule has 2 heterocycles. The maximum absolute atomic E-state index is 14.2. The number of hydrogen-bond donors (Lipinski definition) is 3. The zero-order valence-electron chi connectivity index (χ0n) is 18.4. The highest BCUT2D eigenvalue weighted by Crippen LogP contribution is 2.37. The monoisotopic (exact) mass is 446 g/mol. The summed E-state index contributed by atoms with van der Waals surface area (Å²) in [5.41, 5.74) is 9.35. The number of ether oxygens (including phenoxy) is 1. The molecular weight excluding hydrogens is 419 g/mol. The van der Waals surface area contributed by atoms with Gasteiger partial charge in [-0.2, -0.15) is 5.26 Å². The number of nitrogens with two attached hydrogens (primary N) is 1. The molecule has 0 radical (unpaired) electrons. The van der Waals surface area contributed by atoms with E-state index in [-0.39, 0.29) is 11.8 Å². The molecule has 2 aliphatic rings. The van der Waals surface area contributed by atoms with E-state index in [0.717, 1.165) is 30.2 Å². The molecule has 5 rings (SSSR count). The first-order valence-corrected chi connectivity index (χ1v) is 11.5. The summed E-state index contributed by atoms with van der Waals surface area (Å²) in [6.45, 7) is 0.370. The number of rotatable bonds is 8. The predicted molar refractivity (Wildman–Crippen MR) is 124 cm³/mol. The van der Waals surface area contributed by atoms with Crippen LogP contribution in [0.15, 0.2) is 36.5 Å². The van der Waals surface area contributed by atoms with Gasteiger partial charge in [-0.3, -0.25) is 4.79 Å². The van der Waals surface area contributed by atoms with Gasteiger partial charge in [-0.25, -0.2) is 4.39 Å². The van der Waals surface area contributed by atoms with E-state index in [1.807, 2.05) is 24.4 Å². The lowest BCUT2D eigenvalue weighted by molar-refractivity contribution is 0.0997. The van der Waals surface area contributed by atoms with Crippen molar-refractivity contribution in [1.82, 2.24) is 10.3 Å². The second-order valence-corrected chi connectivity index (χ2v) is 9.17. The number of hydrogen-bond acceptors (Lipinski definition) is 4. The van der Waals surface area contributed by atoms with Crippen molar-refractivity contribution < 1.29 is 13.9 Å². The van der Waals surface area contributed by atoms with Gasteiger partial charge in [0.05, 0.1) is 11.6 Å². The molecule has 1 amide bonds. The number of fused-ring (bicyclic) bond motifs is 2. The lowest BCUT2D eigenvalue weighted by atomic mass is 9.94.